The average Bonchev–Trinajstić information content (AvgIpc) is 2.45. The van der Waals surface area contributed by atoms with Crippen molar-refractivity contribution in [1.29, 1.82) is 0 Å². The number of hydrogen-bond acceptors (Lipinski definition) is 3. The van der Waals surface area contributed by atoms with Crippen LogP contribution in [0.3, 0.4) is 0 Å². The summed E-state index contributed by atoms with van der Waals surface area (Å²) in [5.41, 5.74) is 2.19. The van der Waals surface area contributed by atoms with Gasteiger partial charge in [0.05, 0.1) is 6.10 Å². The Hall–Kier alpha value is -1.62. The van der Waals surface area contributed by atoms with Crippen LogP contribution >= 0.6 is 0 Å². The van der Waals surface area contributed by atoms with Crippen molar-refractivity contribution in [2.45, 2.75) is 58.6 Å². The molecule has 1 aliphatic rings. The SMILES string of the molecule is Cc1cc(C)c(CNC(=O)COC2CCCCC2)c(=O)[nH]1. The van der Waals surface area contributed by atoms with Gasteiger partial charge in [-0.1, -0.05) is 19.3 Å². The third-order valence-corrected chi connectivity index (χ3v) is 3.96. The highest BCUT2D eigenvalue weighted by atomic mass is 16.5. The first-order valence-electron chi connectivity index (χ1n) is 7.64. The molecule has 0 bridgehead atoms. The van der Waals surface area contributed by atoms with Crippen LogP contribution in [0.5, 0.6) is 0 Å². The van der Waals surface area contributed by atoms with Gasteiger partial charge in [-0.05, 0) is 38.3 Å². The fourth-order valence-electron chi connectivity index (χ4n) is 2.76. The number of aryl methyl sites for hydroxylation is 2. The summed E-state index contributed by atoms with van der Waals surface area (Å²) < 4.78 is 5.61. The van der Waals surface area contributed by atoms with Gasteiger partial charge in [0.25, 0.3) is 5.56 Å². The second-order valence-electron chi connectivity index (χ2n) is 5.79. The maximum atomic E-state index is 11.8. The molecular weight excluding hydrogens is 268 g/mol. The van der Waals surface area contributed by atoms with Crippen molar-refractivity contribution >= 4 is 5.91 Å². The fourth-order valence-corrected chi connectivity index (χ4v) is 2.76. The van der Waals surface area contributed by atoms with Gasteiger partial charge in [0.15, 0.2) is 0 Å². The van der Waals surface area contributed by atoms with Gasteiger partial charge >= 0.3 is 0 Å². The molecule has 1 saturated carbocycles. The lowest BCUT2D eigenvalue weighted by atomic mass is 9.98. The lowest BCUT2D eigenvalue weighted by Gasteiger charge is -2.21. The van der Waals surface area contributed by atoms with E-state index in [4.69, 9.17) is 4.74 Å². The molecular formula is C16H24N2O3. The maximum absolute atomic E-state index is 11.8. The van der Waals surface area contributed by atoms with Gasteiger partial charge < -0.3 is 15.0 Å². The summed E-state index contributed by atoms with van der Waals surface area (Å²) in [5.74, 6) is -0.167. The molecule has 0 atom stereocenters. The minimum absolute atomic E-state index is 0.0769. The van der Waals surface area contributed by atoms with E-state index in [-0.39, 0.29) is 30.7 Å². The summed E-state index contributed by atoms with van der Waals surface area (Å²) in [6, 6.07) is 1.90. The van der Waals surface area contributed by atoms with E-state index in [0.29, 0.717) is 5.56 Å². The van der Waals surface area contributed by atoms with E-state index in [1.165, 1.54) is 19.3 Å². The van der Waals surface area contributed by atoms with Crippen LogP contribution in [0.2, 0.25) is 0 Å². The molecule has 0 spiro atoms. The number of carbonyl (C=O) groups is 1. The van der Waals surface area contributed by atoms with Crippen molar-refractivity contribution in [2.75, 3.05) is 6.61 Å². The molecule has 116 valence electrons. The van der Waals surface area contributed by atoms with Gasteiger partial charge in [0, 0.05) is 17.8 Å². The molecule has 1 aromatic rings. The molecule has 5 nitrogen and oxygen atoms in total. The Labute approximate surface area is 125 Å². The Morgan fingerprint density at radius 2 is 2.05 bits per heavy atom. The number of pyridine rings is 1. The van der Waals surface area contributed by atoms with Crippen LogP contribution in [-0.2, 0) is 16.1 Å². The maximum Gasteiger partial charge on any atom is 0.253 e. The molecule has 0 unspecified atom stereocenters. The predicted molar refractivity (Wildman–Crippen MR) is 81.2 cm³/mol. The van der Waals surface area contributed by atoms with E-state index in [1.807, 2.05) is 19.9 Å². The summed E-state index contributed by atoms with van der Waals surface area (Å²) in [7, 11) is 0. The van der Waals surface area contributed by atoms with Gasteiger partial charge in [-0.15, -0.1) is 0 Å². The van der Waals surface area contributed by atoms with Crippen LogP contribution in [0.1, 0.15) is 48.9 Å². The third kappa shape index (κ3) is 4.70. The van der Waals surface area contributed by atoms with Gasteiger partial charge in [-0.3, -0.25) is 9.59 Å². The number of hydrogen-bond donors (Lipinski definition) is 2. The van der Waals surface area contributed by atoms with Crippen LogP contribution in [0, 0.1) is 13.8 Å². The Balaban J connectivity index is 1.80. The lowest BCUT2D eigenvalue weighted by molar-refractivity contribution is -0.128. The molecule has 21 heavy (non-hydrogen) atoms. The number of rotatable bonds is 5. The molecule has 1 aromatic heterocycles. The Morgan fingerprint density at radius 1 is 1.33 bits per heavy atom. The minimum atomic E-state index is -0.167. The minimum Gasteiger partial charge on any atom is -0.368 e. The Bertz CT molecular complexity index is 545. The van der Waals surface area contributed by atoms with Crippen molar-refractivity contribution in [1.82, 2.24) is 10.3 Å². The summed E-state index contributed by atoms with van der Waals surface area (Å²) in [5, 5.41) is 2.76. The first-order chi connectivity index (χ1) is 10.1. The topological polar surface area (TPSA) is 71.2 Å². The Morgan fingerprint density at radius 3 is 2.71 bits per heavy atom. The number of carbonyl (C=O) groups excluding carboxylic acids is 1. The molecule has 1 heterocycles. The molecule has 2 rings (SSSR count). The number of aromatic amines is 1. The summed E-state index contributed by atoms with van der Waals surface area (Å²) in [6.45, 7) is 4.04. The Kier molecular flexibility index (Phi) is 5.56. The highest BCUT2D eigenvalue weighted by Crippen LogP contribution is 2.19. The molecule has 0 radical (unpaired) electrons. The highest BCUT2D eigenvalue weighted by molar-refractivity contribution is 5.77. The van der Waals surface area contributed by atoms with E-state index in [1.54, 1.807) is 0 Å². The van der Waals surface area contributed by atoms with E-state index in [0.717, 1.165) is 24.1 Å². The number of ether oxygens (including phenoxy) is 1. The highest BCUT2D eigenvalue weighted by Gasteiger charge is 2.15. The first-order valence-corrected chi connectivity index (χ1v) is 7.64. The zero-order valence-electron chi connectivity index (χ0n) is 12.8. The average molecular weight is 292 g/mol. The third-order valence-electron chi connectivity index (χ3n) is 3.96. The fraction of sp³-hybridized carbons (Fsp3) is 0.625. The van der Waals surface area contributed by atoms with Crippen LogP contribution in [0.15, 0.2) is 10.9 Å². The largest absolute Gasteiger partial charge is 0.368 e. The van der Waals surface area contributed by atoms with Crippen LogP contribution in [0.25, 0.3) is 0 Å². The number of amides is 1. The van der Waals surface area contributed by atoms with E-state index in [2.05, 4.69) is 10.3 Å². The zero-order chi connectivity index (χ0) is 15.2. The normalized spacial score (nSPS) is 15.9. The second-order valence-corrected chi connectivity index (χ2v) is 5.79. The van der Waals surface area contributed by atoms with E-state index >= 15 is 0 Å². The number of aromatic nitrogens is 1. The van der Waals surface area contributed by atoms with E-state index in [9.17, 15) is 9.59 Å². The standard InChI is InChI=1S/C16H24N2O3/c1-11-8-12(2)18-16(20)14(11)9-17-15(19)10-21-13-6-4-3-5-7-13/h8,13H,3-7,9-10H2,1-2H3,(H,17,19)(H,18,20). The van der Waals surface area contributed by atoms with Gasteiger partial charge in [0.2, 0.25) is 5.91 Å². The molecule has 0 saturated heterocycles. The van der Waals surface area contributed by atoms with Crippen LogP contribution in [-0.4, -0.2) is 23.6 Å². The molecule has 0 aromatic carbocycles. The van der Waals surface area contributed by atoms with Crippen molar-refractivity contribution in [3.8, 4) is 0 Å². The summed E-state index contributed by atoms with van der Waals surface area (Å²) in [6.07, 6.45) is 5.94. The number of nitrogens with one attached hydrogen (secondary N) is 2. The second kappa shape index (κ2) is 7.41. The number of H-pyrrole nitrogens is 1. The first kappa shape index (κ1) is 15.8. The van der Waals surface area contributed by atoms with Crippen LogP contribution < -0.4 is 10.9 Å². The lowest BCUT2D eigenvalue weighted by Crippen LogP contribution is -2.32. The molecule has 1 fully saturated rings. The smallest absolute Gasteiger partial charge is 0.253 e. The molecule has 1 amide bonds. The quantitative estimate of drug-likeness (QED) is 0.871. The molecule has 2 N–H and O–H groups in total. The molecule has 5 heteroatoms. The monoisotopic (exact) mass is 292 g/mol. The van der Waals surface area contributed by atoms with E-state index < -0.39 is 0 Å². The van der Waals surface area contributed by atoms with Crippen LogP contribution in [0.4, 0.5) is 0 Å². The predicted octanol–water partition coefficient (Wildman–Crippen LogP) is 1.96. The van der Waals surface area contributed by atoms with Crippen molar-refractivity contribution in [3.05, 3.63) is 33.2 Å². The van der Waals surface area contributed by atoms with Crippen molar-refractivity contribution < 1.29 is 9.53 Å². The van der Waals surface area contributed by atoms with Gasteiger partial charge in [-0.25, -0.2) is 0 Å². The summed E-state index contributed by atoms with van der Waals surface area (Å²) >= 11 is 0. The van der Waals surface area contributed by atoms with Crippen molar-refractivity contribution in [3.63, 3.8) is 0 Å². The van der Waals surface area contributed by atoms with Crippen molar-refractivity contribution in [2.24, 2.45) is 0 Å². The van der Waals surface area contributed by atoms with Gasteiger partial charge in [-0.2, -0.15) is 0 Å². The molecule has 1 aliphatic carbocycles. The zero-order valence-corrected chi connectivity index (χ0v) is 12.8. The van der Waals surface area contributed by atoms with Gasteiger partial charge in [0.1, 0.15) is 6.61 Å². The molecule has 0 aliphatic heterocycles. The summed E-state index contributed by atoms with van der Waals surface area (Å²) in [4.78, 5) is 26.4.